The van der Waals surface area contributed by atoms with E-state index < -0.39 is 0 Å². The van der Waals surface area contributed by atoms with Crippen molar-refractivity contribution in [3.8, 4) is 0 Å². The van der Waals surface area contributed by atoms with Gasteiger partial charge in [0.1, 0.15) is 5.78 Å². The Hall–Kier alpha value is -0.670. The fourth-order valence-electron chi connectivity index (χ4n) is 7.66. The molecule has 24 heavy (non-hydrogen) atoms. The zero-order chi connectivity index (χ0) is 16.1. The van der Waals surface area contributed by atoms with Gasteiger partial charge in [-0.25, -0.2) is 0 Å². The number of ketones is 1. The van der Waals surface area contributed by atoms with Crippen molar-refractivity contribution >= 4 is 5.78 Å². The standard InChI is InChI=1S/C21H28O3/c1-20-6-4-14-13-5-7-21(23-8-9-24-21)11-12(13)2-3-15(14)18(20)16-10-17(16)19(20)22/h2,13-18H,3-11H2,1H3/t13?,14?,15?,16-,17+,18?,20?/m0/s1. The summed E-state index contributed by atoms with van der Waals surface area (Å²) >= 11 is 0. The van der Waals surface area contributed by atoms with Crippen LogP contribution < -0.4 is 0 Å². The Balaban J connectivity index is 1.31. The highest BCUT2D eigenvalue weighted by molar-refractivity contribution is 5.92. The average Bonchev–Trinajstić information content (AvgIpc) is 3.18. The second kappa shape index (κ2) is 4.54. The molecule has 0 radical (unpaired) electrons. The van der Waals surface area contributed by atoms with Crippen molar-refractivity contribution in [1.29, 1.82) is 0 Å². The van der Waals surface area contributed by atoms with E-state index in [0.717, 1.165) is 56.1 Å². The second-order valence-electron chi connectivity index (χ2n) is 9.62. The normalized spacial score (nSPS) is 53.9. The van der Waals surface area contributed by atoms with E-state index in [-0.39, 0.29) is 11.2 Å². The van der Waals surface area contributed by atoms with Gasteiger partial charge in [-0.05, 0) is 61.7 Å². The van der Waals surface area contributed by atoms with Crippen molar-refractivity contribution in [2.75, 3.05) is 13.2 Å². The Labute approximate surface area is 144 Å². The van der Waals surface area contributed by atoms with Crippen LogP contribution in [0, 0.1) is 40.9 Å². The molecule has 6 aliphatic rings. The van der Waals surface area contributed by atoms with Crippen LogP contribution in [0.4, 0.5) is 0 Å². The summed E-state index contributed by atoms with van der Waals surface area (Å²) in [5.41, 5.74) is 1.64. The van der Waals surface area contributed by atoms with Crippen LogP contribution in [0.25, 0.3) is 0 Å². The maximum Gasteiger partial charge on any atom is 0.172 e. The molecular weight excluding hydrogens is 300 g/mol. The molecule has 0 bridgehead atoms. The molecule has 1 spiro atoms. The molecule has 3 nitrogen and oxygen atoms in total. The Kier molecular flexibility index (Phi) is 2.74. The molecular formula is C21H28O3. The maximum atomic E-state index is 12.8. The predicted molar refractivity (Wildman–Crippen MR) is 89.1 cm³/mol. The Morgan fingerprint density at radius 2 is 1.88 bits per heavy atom. The molecule has 1 aliphatic heterocycles. The Morgan fingerprint density at radius 1 is 1.04 bits per heavy atom. The van der Waals surface area contributed by atoms with Crippen LogP contribution in [0.2, 0.25) is 0 Å². The third-order valence-corrected chi connectivity index (χ3v) is 8.71. The molecule has 0 amide bonds. The van der Waals surface area contributed by atoms with Crippen LogP contribution in [0.15, 0.2) is 11.6 Å². The summed E-state index contributed by atoms with van der Waals surface area (Å²) in [6.45, 7) is 3.82. The van der Waals surface area contributed by atoms with Crippen molar-refractivity contribution in [2.45, 2.75) is 57.7 Å². The largest absolute Gasteiger partial charge is 0.347 e. The van der Waals surface area contributed by atoms with Gasteiger partial charge in [0.25, 0.3) is 0 Å². The lowest BCUT2D eigenvalue weighted by Gasteiger charge is -2.53. The van der Waals surface area contributed by atoms with Crippen molar-refractivity contribution in [1.82, 2.24) is 0 Å². The van der Waals surface area contributed by atoms with Gasteiger partial charge in [-0.1, -0.05) is 18.6 Å². The first-order chi connectivity index (χ1) is 11.6. The highest BCUT2D eigenvalue weighted by Gasteiger charge is 2.69. The van der Waals surface area contributed by atoms with Crippen LogP contribution in [0.3, 0.4) is 0 Å². The highest BCUT2D eigenvalue weighted by atomic mass is 16.7. The minimum atomic E-state index is -0.288. The Morgan fingerprint density at radius 3 is 2.71 bits per heavy atom. The van der Waals surface area contributed by atoms with Gasteiger partial charge in [0.2, 0.25) is 0 Å². The van der Waals surface area contributed by atoms with E-state index in [1.165, 1.54) is 25.7 Å². The van der Waals surface area contributed by atoms with Crippen LogP contribution >= 0.6 is 0 Å². The minimum absolute atomic E-state index is 0.0215. The number of hydrogen-bond acceptors (Lipinski definition) is 3. The lowest BCUT2D eigenvalue weighted by atomic mass is 9.51. The quantitative estimate of drug-likeness (QED) is 0.636. The molecule has 0 aromatic heterocycles. The number of hydrogen-bond donors (Lipinski definition) is 0. The molecule has 0 aromatic carbocycles. The molecule has 1 saturated heterocycles. The van der Waals surface area contributed by atoms with Crippen molar-refractivity contribution in [3.63, 3.8) is 0 Å². The minimum Gasteiger partial charge on any atom is -0.347 e. The predicted octanol–water partition coefficient (Wildman–Crippen LogP) is 3.73. The van der Waals surface area contributed by atoms with Gasteiger partial charge in [0.15, 0.2) is 5.79 Å². The number of Topliss-reactive ketones (excluding diaryl/α,β-unsaturated/α-hetero) is 1. The molecule has 130 valence electrons. The summed E-state index contributed by atoms with van der Waals surface area (Å²) in [6.07, 6.45) is 10.6. The van der Waals surface area contributed by atoms with Crippen molar-refractivity contribution in [3.05, 3.63) is 11.6 Å². The van der Waals surface area contributed by atoms with Crippen LogP contribution in [-0.2, 0) is 14.3 Å². The number of carbonyl (C=O) groups is 1. The first-order valence-corrected chi connectivity index (χ1v) is 10.1. The van der Waals surface area contributed by atoms with Gasteiger partial charge in [-0.2, -0.15) is 0 Å². The van der Waals surface area contributed by atoms with Crippen molar-refractivity contribution < 1.29 is 14.3 Å². The number of fused-ring (bicyclic) bond motifs is 7. The molecule has 6 rings (SSSR count). The molecule has 4 saturated carbocycles. The van der Waals surface area contributed by atoms with Crippen LogP contribution in [0.5, 0.6) is 0 Å². The summed E-state index contributed by atoms with van der Waals surface area (Å²) in [7, 11) is 0. The molecule has 0 aromatic rings. The zero-order valence-electron chi connectivity index (χ0n) is 14.6. The summed E-state index contributed by atoms with van der Waals surface area (Å²) < 4.78 is 12.0. The fourth-order valence-corrected chi connectivity index (χ4v) is 7.66. The van der Waals surface area contributed by atoms with Gasteiger partial charge < -0.3 is 9.47 Å². The van der Waals surface area contributed by atoms with Crippen LogP contribution in [-0.4, -0.2) is 24.8 Å². The first-order valence-electron chi connectivity index (χ1n) is 10.1. The van der Waals surface area contributed by atoms with Gasteiger partial charge in [-0.15, -0.1) is 0 Å². The smallest absolute Gasteiger partial charge is 0.172 e. The first kappa shape index (κ1) is 14.5. The molecule has 5 fully saturated rings. The van der Waals surface area contributed by atoms with Gasteiger partial charge in [0, 0.05) is 24.2 Å². The van der Waals surface area contributed by atoms with E-state index in [9.17, 15) is 4.79 Å². The van der Waals surface area contributed by atoms with E-state index in [0.29, 0.717) is 17.6 Å². The van der Waals surface area contributed by atoms with Gasteiger partial charge in [-0.3, -0.25) is 4.79 Å². The van der Waals surface area contributed by atoms with E-state index in [1.807, 2.05) is 0 Å². The third-order valence-electron chi connectivity index (χ3n) is 8.71. The Bertz CT molecular complexity index is 631. The topological polar surface area (TPSA) is 35.5 Å². The van der Waals surface area contributed by atoms with E-state index in [1.54, 1.807) is 5.57 Å². The lowest BCUT2D eigenvalue weighted by molar-refractivity contribution is -0.176. The molecule has 3 heteroatoms. The van der Waals surface area contributed by atoms with E-state index in [4.69, 9.17) is 9.47 Å². The number of allylic oxidation sites excluding steroid dienone is 1. The summed E-state index contributed by atoms with van der Waals surface area (Å²) in [5, 5.41) is 0. The molecule has 0 N–H and O–H groups in total. The van der Waals surface area contributed by atoms with Crippen LogP contribution in [0.1, 0.15) is 51.9 Å². The van der Waals surface area contributed by atoms with Crippen molar-refractivity contribution in [2.24, 2.45) is 40.9 Å². The number of carbonyl (C=O) groups excluding carboxylic acids is 1. The summed E-state index contributed by atoms with van der Waals surface area (Å²) in [5.74, 6) is 4.51. The number of rotatable bonds is 0. The van der Waals surface area contributed by atoms with E-state index in [2.05, 4.69) is 13.0 Å². The second-order valence-corrected chi connectivity index (χ2v) is 9.62. The number of ether oxygens (including phenoxy) is 2. The highest BCUT2D eigenvalue weighted by Crippen LogP contribution is 2.70. The monoisotopic (exact) mass is 328 g/mol. The SMILES string of the molecule is CC12CCC3C4CCC5(CC4=CCC3C1[C@H]1C[C@H]1C2=O)OCCO5. The van der Waals surface area contributed by atoms with Gasteiger partial charge >= 0.3 is 0 Å². The zero-order valence-corrected chi connectivity index (χ0v) is 14.6. The summed E-state index contributed by atoms with van der Waals surface area (Å²) in [6, 6.07) is 0. The molecule has 5 aliphatic carbocycles. The lowest BCUT2D eigenvalue weighted by Crippen LogP contribution is -2.49. The maximum absolute atomic E-state index is 12.8. The van der Waals surface area contributed by atoms with Gasteiger partial charge in [0.05, 0.1) is 13.2 Å². The third kappa shape index (κ3) is 1.69. The fraction of sp³-hybridized carbons (Fsp3) is 0.857. The molecule has 5 unspecified atom stereocenters. The van der Waals surface area contributed by atoms with E-state index >= 15 is 0 Å². The molecule has 7 atom stereocenters. The molecule has 1 heterocycles. The summed E-state index contributed by atoms with van der Waals surface area (Å²) in [4.78, 5) is 12.8. The average molecular weight is 328 g/mol.